The summed E-state index contributed by atoms with van der Waals surface area (Å²) < 4.78 is 46.3. The van der Waals surface area contributed by atoms with Crippen molar-refractivity contribution in [2.75, 3.05) is 14.2 Å². The normalized spacial score (nSPS) is 12.9. The Kier molecular flexibility index (Phi) is 7.82. The van der Waals surface area contributed by atoms with Crippen LogP contribution >= 0.6 is 23.4 Å². The van der Waals surface area contributed by atoms with Crippen molar-refractivity contribution in [3.63, 3.8) is 0 Å². The zero-order valence-electron chi connectivity index (χ0n) is 16.5. The topological polar surface area (TPSA) is 52.6 Å². The van der Waals surface area contributed by atoms with Gasteiger partial charge in [-0.15, -0.1) is 11.6 Å². The molecule has 2 aromatic carbocycles. The van der Waals surface area contributed by atoms with Crippen molar-refractivity contribution < 1.29 is 32.2 Å². The van der Waals surface area contributed by atoms with Gasteiger partial charge < -0.3 is 9.47 Å². The molecule has 1 atom stereocenters. The second-order valence-electron chi connectivity index (χ2n) is 6.52. The lowest BCUT2D eigenvalue weighted by Crippen LogP contribution is -2.46. The molecule has 0 saturated heterocycles. The molecular formula is C21H20ClF3O4S. The summed E-state index contributed by atoms with van der Waals surface area (Å²) in [6.45, 7) is 1.89. The van der Waals surface area contributed by atoms with Crippen LogP contribution in [-0.2, 0) is 25.2 Å². The predicted molar refractivity (Wildman–Crippen MR) is 108 cm³/mol. The molecule has 1 unspecified atom stereocenters. The molecule has 0 spiro atoms. The van der Waals surface area contributed by atoms with Crippen LogP contribution in [0.4, 0.5) is 13.2 Å². The van der Waals surface area contributed by atoms with Crippen molar-refractivity contribution in [3.05, 3.63) is 65.2 Å². The Morgan fingerprint density at radius 2 is 1.47 bits per heavy atom. The number of hydrogen-bond donors (Lipinski definition) is 0. The summed E-state index contributed by atoms with van der Waals surface area (Å²) in [6, 6.07) is 11.3. The zero-order valence-corrected chi connectivity index (χ0v) is 18.0. The van der Waals surface area contributed by atoms with Crippen molar-refractivity contribution >= 4 is 35.3 Å². The summed E-state index contributed by atoms with van der Waals surface area (Å²) >= 11 is 7.37. The Hall–Kier alpha value is -2.19. The first-order chi connectivity index (χ1) is 14.0. The number of rotatable bonds is 7. The molecule has 9 heteroatoms. The van der Waals surface area contributed by atoms with Crippen molar-refractivity contribution in [2.24, 2.45) is 0 Å². The number of carbonyl (C=O) groups is 2. The number of thioether (sulfide) groups is 1. The van der Waals surface area contributed by atoms with E-state index in [4.69, 9.17) is 21.1 Å². The van der Waals surface area contributed by atoms with E-state index < -0.39 is 33.8 Å². The number of benzene rings is 2. The number of halogens is 4. The van der Waals surface area contributed by atoms with E-state index >= 15 is 0 Å². The van der Waals surface area contributed by atoms with E-state index in [9.17, 15) is 22.8 Å². The highest BCUT2D eigenvalue weighted by Crippen LogP contribution is 2.44. The van der Waals surface area contributed by atoms with Crippen molar-refractivity contribution in [3.8, 4) is 0 Å². The Morgan fingerprint density at radius 3 is 1.90 bits per heavy atom. The van der Waals surface area contributed by atoms with Gasteiger partial charge in [0.25, 0.3) is 0 Å². The van der Waals surface area contributed by atoms with Crippen LogP contribution in [0, 0.1) is 6.92 Å². The summed E-state index contributed by atoms with van der Waals surface area (Å²) in [5.74, 6) is -1.73. The molecule has 0 bridgehead atoms. The number of ether oxygens (including phenoxy) is 2. The molecule has 0 saturated carbocycles. The molecular weight excluding hydrogens is 441 g/mol. The summed E-state index contributed by atoms with van der Waals surface area (Å²) in [7, 11) is 2.27. The standard InChI is InChI=1S/C21H20ClF3O4S/c1-13-4-10-16(11-5-13)30-20(18(26)28-2,19(27)29-3)12-17(22)14-6-8-15(9-7-14)21(23,24)25/h4-11,17H,12H2,1-3H3. The first kappa shape index (κ1) is 24.1. The number of carbonyl (C=O) groups excluding carboxylic acids is 2. The van der Waals surface area contributed by atoms with Gasteiger partial charge in [0.1, 0.15) is 0 Å². The van der Waals surface area contributed by atoms with E-state index in [1.807, 2.05) is 19.1 Å². The van der Waals surface area contributed by atoms with Crippen LogP contribution in [0.5, 0.6) is 0 Å². The fourth-order valence-corrected chi connectivity index (χ4v) is 4.49. The first-order valence-electron chi connectivity index (χ1n) is 8.77. The molecule has 0 aliphatic heterocycles. The van der Waals surface area contributed by atoms with Crippen LogP contribution in [0.2, 0.25) is 0 Å². The van der Waals surface area contributed by atoms with Gasteiger partial charge in [0.2, 0.25) is 4.75 Å². The maximum Gasteiger partial charge on any atom is 0.416 e. The molecule has 0 aliphatic rings. The second kappa shape index (κ2) is 9.75. The Labute approximate surface area is 181 Å². The molecule has 0 radical (unpaired) electrons. The SMILES string of the molecule is COC(=O)C(CC(Cl)c1ccc(C(F)(F)F)cc1)(Sc1ccc(C)cc1)C(=O)OC. The van der Waals surface area contributed by atoms with Crippen molar-refractivity contribution in [2.45, 2.75) is 34.5 Å². The number of hydrogen-bond acceptors (Lipinski definition) is 5. The highest BCUT2D eigenvalue weighted by Gasteiger charge is 2.51. The van der Waals surface area contributed by atoms with Crippen LogP contribution in [0.3, 0.4) is 0 Å². The van der Waals surface area contributed by atoms with Gasteiger partial charge in [-0.2, -0.15) is 13.2 Å². The molecule has 0 amide bonds. The number of aryl methyl sites for hydroxylation is 1. The largest absolute Gasteiger partial charge is 0.468 e. The van der Waals surface area contributed by atoms with Gasteiger partial charge in [0.05, 0.1) is 25.2 Å². The van der Waals surface area contributed by atoms with E-state index in [1.165, 1.54) is 12.1 Å². The summed E-state index contributed by atoms with van der Waals surface area (Å²) in [4.78, 5) is 26.0. The van der Waals surface area contributed by atoms with Crippen molar-refractivity contribution in [1.29, 1.82) is 0 Å². The molecule has 0 heterocycles. The van der Waals surface area contributed by atoms with Gasteiger partial charge in [0, 0.05) is 11.3 Å². The minimum Gasteiger partial charge on any atom is -0.468 e. The van der Waals surface area contributed by atoms with Crippen LogP contribution in [0.25, 0.3) is 0 Å². The van der Waals surface area contributed by atoms with Gasteiger partial charge in [0.15, 0.2) is 0 Å². The second-order valence-corrected chi connectivity index (χ2v) is 8.42. The van der Waals surface area contributed by atoms with Crippen LogP contribution in [0.1, 0.15) is 28.5 Å². The highest BCUT2D eigenvalue weighted by molar-refractivity contribution is 8.02. The Bertz CT molecular complexity index is 867. The minimum atomic E-state index is -4.48. The van der Waals surface area contributed by atoms with Crippen LogP contribution in [-0.4, -0.2) is 30.9 Å². The molecule has 2 rings (SSSR count). The number of alkyl halides is 4. The Balaban J connectivity index is 2.41. The molecule has 4 nitrogen and oxygen atoms in total. The monoisotopic (exact) mass is 460 g/mol. The van der Waals surface area contributed by atoms with Gasteiger partial charge >= 0.3 is 18.1 Å². The fraction of sp³-hybridized carbons (Fsp3) is 0.333. The minimum absolute atomic E-state index is 0.252. The lowest BCUT2D eigenvalue weighted by molar-refractivity contribution is -0.156. The smallest absolute Gasteiger partial charge is 0.416 e. The molecule has 0 fully saturated rings. The third-order valence-electron chi connectivity index (χ3n) is 4.41. The number of methoxy groups -OCH3 is 2. The quantitative estimate of drug-likeness (QED) is 0.234. The van der Waals surface area contributed by atoms with Gasteiger partial charge in [-0.1, -0.05) is 41.6 Å². The third kappa shape index (κ3) is 5.49. The lowest BCUT2D eigenvalue weighted by Gasteiger charge is -2.29. The molecule has 162 valence electrons. The molecule has 2 aromatic rings. The van der Waals surface area contributed by atoms with Crippen molar-refractivity contribution in [1.82, 2.24) is 0 Å². The maximum absolute atomic E-state index is 12.8. The van der Waals surface area contributed by atoms with E-state index in [0.29, 0.717) is 10.5 Å². The maximum atomic E-state index is 12.8. The Morgan fingerprint density at radius 1 is 0.967 bits per heavy atom. The predicted octanol–water partition coefficient (Wildman–Crippen LogP) is 5.56. The van der Waals surface area contributed by atoms with Crippen LogP contribution < -0.4 is 0 Å². The fourth-order valence-electron chi connectivity index (χ4n) is 2.76. The van der Waals surface area contributed by atoms with Crippen LogP contribution in [0.15, 0.2) is 53.4 Å². The average Bonchev–Trinajstić information content (AvgIpc) is 2.72. The molecule has 0 N–H and O–H groups in total. The summed E-state index contributed by atoms with van der Waals surface area (Å²) in [5, 5.41) is -0.955. The van der Waals surface area contributed by atoms with Gasteiger partial charge in [-0.3, -0.25) is 0 Å². The summed E-state index contributed by atoms with van der Waals surface area (Å²) in [6.07, 6.45) is -4.73. The van der Waals surface area contributed by atoms with E-state index in [1.54, 1.807) is 12.1 Å². The molecule has 0 aromatic heterocycles. The third-order valence-corrected chi connectivity index (χ3v) is 6.17. The van der Waals surface area contributed by atoms with E-state index in [-0.39, 0.29) is 6.42 Å². The zero-order chi connectivity index (χ0) is 22.5. The average molecular weight is 461 g/mol. The molecule has 30 heavy (non-hydrogen) atoms. The summed E-state index contributed by atoms with van der Waals surface area (Å²) in [5.41, 5.74) is 0.490. The van der Waals surface area contributed by atoms with E-state index in [0.717, 1.165) is 43.7 Å². The number of esters is 2. The molecule has 0 aliphatic carbocycles. The highest BCUT2D eigenvalue weighted by atomic mass is 35.5. The first-order valence-corrected chi connectivity index (χ1v) is 10.0. The van der Waals surface area contributed by atoms with Gasteiger partial charge in [-0.05, 0) is 36.8 Å². The van der Waals surface area contributed by atoms with E-state index in [2.05, 4.69) is 0 Å². The lowest BCUT2D eigenvalue weighted by atomic mass is 9.97. The van der Waals surface area contributed by atoms with Gasteiger partial charge in [-0.25, -0.2) is 9.59 Å².